The number of likely N-dealkylation sites (N-methyl/N-ethyl adjacent to an activating group) is 1. The Morgan fingerprint density at radius 2 is 2.00 bits per heavy atom. The van der Waals surface area contributed by atoms with Crippen LogP contribution in [-0.2, 0) is 17.8 Å². The molecule has 0 spiro atoms. The van der Waals surface area contributed by atoms with Gasteiger partial charge in [-0.1, -0.05) is 29.8 Å². The number of ether oxygens (including phenoxy) is 1. The van der Waals surface area contributed by atoms with Gasteiger partial charge < -0.3 is 19.4 Å². The van der Waals surface area contributed by atoms with Crippen LogP contribution in [-0.4, -0.2) is 92.2 Å². The minimum atomic E-state index is -0.199. The minimum Gasteiger partial charge on any atom is -0.447 e. The summed E-state index contributed by atoms with van der Waals surface area (Å²) in [5.41, 5.74) is 2.84. The Kier molecular flexibility index (Phi) is 9.02. The van der Waals surface area contributed by atoms with Gasteiger partial charge in [-0.15, -0.1) is 0 Å². The monoisotopic (exact) mass is 429 g/mol. The van der Waals surface area contributed by atoms with E-state index in [0.29, 0.717) is 24.7 Å². The van der Waals surface area contributed by atoms with Crippen LogP contribution in [0.1, 0.15) is 27.5 Å². The smallest absolute Gasteiger partial charge is 0.273 e. The standard InChI is InChI=1S/C23H35N5O3/c1-19-5-4-6-20(15-19)16-28(10-9-27-11-13-30-14-12-27)17-22-25-21(18-31-22)23(29)24-7-8-26(2)3/h4-6,15,18H,7-14,16-17H2,1-3H3,(H,24,29). The second kappa shape index (κ2) is 12.0. The fourth-order valence-electron chi connectivity index (χ4n) is 3.55. The Morgan fingerprint density at radius 1 is 1.19 bits per heavy atom. The van der Waals surface area contributed by atoms with Gasteiger partial charge in [-0.2, -0.15) is 0 Å². The first-order chi connectivity index (χ1) is 15.0. The molecule has 1 aliphatic rings. The normalized spacial score (nSPS) is 15.0. The molecule has 170 valence electrons. The van der Waals surface area contributed by atoms with E-state index >= 15 is 0 Å². The summed E-state index contributed by atoms with van der Waals surface area (Å²) in [6, 6.07) is 8.55. The number of oxazole rings is 1. The molecule has 1 saturated heterocycles. The summed E-state index contributed by atoms with van der Waals surface area (Å²) in [7, 11) is 3.94. The van der Waals surface area contributed by atoms with Gasteiger partial charge in [-0.25, -0.2) is 4.98 Å². The van der Waals surface area contributed by atoms with Crippen molar-refractivity contribution in [3.05, 3.63) is 53.2 Å². The third-order valence-electron chi connectivity index (χ3n) is 5.31. The predicted molar refractivity (Wildman–Crippen MR) is 120 cm³/mol. The molecule has 0 bridgehead atoms. The number of hydrogen-bond donors (Lipinski definition) is 1. The number of rotatable bonds is 11. The van der Waals surface area contributed by atoms with Crippen LogP contribution in [0.2, 0.25) is 0 Å². The summed E-state index contributed by atoms with van der Waals surface area (Å²) in [6.07, 6.45) is 1.45. The van der Waals surface area contributed by atoms with Crippen LogP contribution in [0.4, 0.5) is 0 Å². The van der Waals surface area contributed by atoms with E-state index in [-0.39, 0.29) is 5.91 Å². The zero-order chi connectivity index (χ0) is 22.1. The summed E-state index contributed by atoms with van der Waals surface area (Å²) in [5.74, 6) is 0.364. The number of carbonyl (C=O) groups is 1. The predicted octanol–water partition coefficient (Wildman–Crippen LogP) is 1.61. The number of nitrogens with one attached hydrogen (secondary N) is 1. The maximum absolute atomic E-state index is 12.3. The molecule has 1 aromatic carbocycles. The van der Waals surface area contributed by atoms with Gasteiger partial charge in [0, 0.05) is 45.8 Å². The number of amides is 1. The number of hydrogen-bond acceptors (Lipinski definition) is 7. The highest BCUT2D eigenvalue weighted by Gasteiger charge is 2.17. The van der Waals surface area contributed by atoms with Crippen molar-refractivity contribution < 1.29 is 13.9 Å². The Bertz CT molecular complexity index is 817. The van der Waals surface area contributed by atoms with Crippen LogP contribution in [0.3, 0.4) is 0 Å². The van der Waals surface area contributed by atoms with Gasteiger partial charge in [-0.05, 0) is 26.6 Å². The molecule has 0 saturated carbocycles. The van der Waals surface area contributed by atoms with E-state index < -0.39 is 0 Å². The molecule has 1 fully saturated rings. The van der Waals surface area contributed by atoms with Crippen molar-refractivity contribution in [2.24, 2.45) is 0 Å². The van der Waals surface area contributed by atoms with E-state index in [1.807, 2.05) is 19.0 Å². The molecule has 0 aliphatic carbocycles. The van der Waals surface area contributed by atoms with E-state index in [4.69, 9.17) is 9.15 Å². The molecule has 1 N–H and O–H groups in total. The summed E-state index contributed by atoms with van der Waals surface area (Å²) in [5, 5.41) is 2.88. The van der Waals surface area contributed by atoms with Crippen LogP contribution in [0.25, 0.3) is 0 Å². The van der Waals surface area contributed by atoms with Crippen LogP contribution in [0.15, 0.2) is 34.9 Å². The van der Waals surface area contributed by atoms with Gasteiger partial charge in [0.15, 0.2) is 5.69 Å². The fraction of sp³-hybridized carbons (Fsp3) is 0.565. The average Bonchev–Trinajstić information content (AvgIpc) is 3.21. The van der Waals surface area contributed by atoms with Crippen molar-refractivity contribution in [1.82, 2.24) is 25.0 Å². The van der Waals surface area contributed by atoms with E-state index in [1.54, 1.807) is 0 Å². The number of aryl methyl sites for hydroxylation is 1. The third-order valence-corrected chi connectivity index (χ3v) is 5.31. The lowest BCUT2D eigenvalue weighted by molar-refractivity contribution is 0.0320. The first kappa shape index (κ1) is 23.4. The SMILES string of the molecule is Cc1cccc(CN(CCN2CCOCC2)Cc2nc(C(=O)NCCN(C)C)co2)c1. The summed E-state index contributed by atoms with van der Waals surface area (Å²) < 4.78 is 11.1. The quantitative estimate of drug-likeness (QED) is 0.582. The molecule has 2 heterocycles. The van der Waals surface area contributed by atoms with Gasteiger partial charge in [-0.3, -0.25) is 14.6 Å². The first-order valence-electron chi connectivity index (χ1n) is 10.9. The fourth-order valence-corrected chi connectivity index (χ4v) is 3.55. The Balaban J connectivity index is 1.60. The third kappa shape index (κ3) is 8.06. The van der Waals surface area contributed by atoms with E-state index in [0.717, 1.165) is 52.5 Å². The van der Waals surface area contributed by atoms with Crippen molar-refractivity contribution in [2.45, 2.75) is 20.0 Å². The number of benzene rings is 1. The van der Waals surface area contributed by atoms with Gasteiger partial charge in [0.1, 0.15) is 6.26 Å². The van der Waals surface area contributed by atoms with Crippen LogP contribution in [0, 0.1) is 6.92 Å². The number of carbonyl (C=O) groups excluding carboxylic acids is 1. The van der Waals surface area contributed by atoms with E-state index in [2.05, 4.69) is 51.3 Å². The maximum Gasteiger partial charge on any atom is 0.273 e. The van der Waals surface area contributed by atoms with Crippen molar-refractivity contribution in [3.63, 3.8) is 0 Å². The lowest BCUT2D eigenvalue weighted by Gasteiger charge is -2.29. The molecule has 2 aromatic rings. The lowest BCUT2D eigenvalue weighted by atomic mass is 10.1. The molecule has 31 heavy (non-hydrogen) atoms. The summed E-state index contributed by atoms with van der Waals surface area (Å²) in [6.45, 7) is 10.2. The number of morpholine rings is 1. The van der Waals surface area contributed by atoms with Crippen LogP contribution in [0.5, 0.6) is 0 Å². The molecule has 3 rings (SSSR count). The topological polar surface area (TPSA) is 74.1 Å². The second-order valence-corrected chi connectivity index (χ2v) is 8.34. The molecule has 8 nitrogen and oxygen atoms in total. The van der Waals surface area contributed by atoms with Crippen molar-refractivity contribution in [3.8, 4) is 0 Å². The second-order valence-electron chi connectivity index (χ2n) is 8.34. The molecule has 1 aromatic heterocycles. The molecule has 0 radical (unpaired) electrons. The summed E-state index contributed by atoms with van der Waals surface area (Å²) in [4.78, 5) is 23.5. The Labute approximate surface area is 185 Å². The van der Waals surface area contributed by atoms with E-state index in [9.17, 15) is 4.79 Å². The van der Waals surface area contributed by atoms with Crippen molar-refractivity contribution >= 4 is 5.91 Å². The highest BCUT2D eigenvalue weighted by atomic mass is 16.5. The Morgan fingerprint density at radius 3 is 2.74 bits per heavy atom. The molecule has 0 unspecified atom stereocenters. The lowest BCUT2D eigenvalue weighted by Crippen LogP contribution is -2.41. The largest absolute Gasteiger partial charge is 0.447 e. The van der Waals surface area contributed by atoms with Crippen molar-refractivity contribution in [1.29, 1.82) is 0 Å². The van der Waals surface area contributed by atoms with E-state index in [1.165, 1.54) is 17.4 Å². The highest BCUT2D eigenvalue weighted by molar-refractivity contribution is 5.91. The average molecular weight is 430 g/mol. The van der Waals surface area contributed by atoms with Gasteiger partial charge in [0.2, 0.25) is 5.89 Å². The molecule has 1 amide bonds. The zero-order valence-corrected chi connectivity index (χ0v) is 19.0. The van der Waals surface area contributed by atoms with Gasteiger partial charge in [0.25, 0.3) is 5.91 Å². The highest BCUT2D eigenvalue weighted by Crippen LogP contribution is 2.12. The number of nitrogens with zero attached hydrogens (tertiary/aromatic N) is 4. The first-order valence-corrected chi connectivity index (χ1v) is 10.9. The number of aromatic nitrogens is 1. The summed E-state index contributed by atoms with van der Waals surface area (Å²) >= 11 is 0. The Hall–Kier alpha value is -2.26. The molecular weight excluding hydrogens is 394 g/mol. The van der Waals surface area contributed by atoms with Crippen molar-refractivity contribution in [2.75, 3.05) is 66.6 Å². The van der Waals surface area contributed by atoms with Gasteiger partial charge >= 0.3 is 0 Å². The van der Waals surface area contributed by atoms with Gasteiger partial charge in [0.05, 0.1) is 19.8 Å². The minimum absolute atomic E-state index is 0.199. The van der Waals surface area contributed by atoms with Crippen LogP contribution >= 0.6 is 0 Å². The molecule has 8 heteroatoms. The molecule has 1 aliphatic heterocycles. The maximum atomic E-state index is 12.3. The molecule has 0 atom stereocenters. The zero-order valence-electron chi connectivity index (χ0n) is 19.0. The molecular formula is C23H35N5O3. The van der Waals surface area contributed by atoms with Crippen LogP contribution < -0.4 is 5.32 Å².